The molecule has 5 heteroatoms. The number of benzene rings is 1. The maximum Gasteiger partial charge on any atom is 0.225 e. The maximum absolute atomic E-state index is 13.0. The zero-order chi connectivity index (χ0) is 16.5. The zero-order valence-corrected chi connectivity index (χ0v) is 14.0. The zero-order valence-electron chi connectivity index (χ0n) is 14.0. The molecule has 3 atom stereocenters. The number of hydrogen-bond acceptors (Lipinski definition) is 3. The molecule has 5 nitrogen and oxygen atoms in total. The van der Waals surface area contributed by atoms with Crippen molar-refractivity contribution in [2.24, 2.45) is 18.9 Å². The van der Waals surface area contributed by atoms with Crippen LogP contribution in [-0.2, 0) is 11.8 Å². The van der Waals surface area contributed by atoms with Crippen LogP contribution in [0.2, 0.25) is 0 Å². The monoisotopic (exact) mass is 324 g/mol. The summed E-state index contributed by atoms with van der Waals surface area (Å²) in [6.45, 7) is 1.57. The van der Waals surface area contributed by atoms with Crippen molar-refractivity contribution >= 4 is 5.91 Å². The minimum atomic E-state index is -0.0286. The lowest BCUT2D eigenvalue weighted by Gasteiger charge is -2.23. The number of rotatable bonds is 5. The SMILES string of the molecule is Cn1cc([C@H]2CNC[C@@H]2C(=O)NC(c2ccccc2)C2CC2)cn1. The van der Waals surface area contributed by atoms with Crippen molar-refractivity contribution in [1.29, 1.82) is 0 Å². The highest BCUT2D eigenvalue weighted by atomic mass is 16.2. The van der Waals surface area contributed by atoms with E-state index in [-0.39, 0.29) is 23.8 Å². The number of amides is 1. The molecular formula is C19H24N4O. The molecule has 1 saturated carbocycles. The van der Waals surface area contributed by atoms with E-state index in [1.807, 2.05) is 37.6 Å². The van der Waals surface area contributed by atoms with Crippen molar-refractivity contribution in [2.75, 3.05) is 13.1 Å². The first-order valence-corrected chi connectivity index (χ1v) is 8.77. The molecule has 4 rings (SSSR count). The first-order chi connectivity index (χ1) is 11.7. The molecule has 0 radical (unpaired) electrons. The van der Waals surface area contributed by atoms with Crippen molar-refractivity contribution in [2.45, 2.75) is 24.8 Å². The fourth-order valence-electron chi connectivity index (χ4n) is 3.76. The lowest BCUT2D eigenvalue weighted by atomic mass is 9.89. The average molecular weight is 324 g/mol. The number of carbonyl (C=O) groups is 1. The summed E-state index contributed by atoms with van der Waals surface area (Å²) in [5.41, 5.74) is 2.36. The van der Waals surface area contributed by atoms with Gasteiger partial charge in [-0.3, -0.25) is 9.48 Å². The first kappa shape index (κ1) is 15.4. The fourth-order valence-corrected chi connectivity index (χ4v) is 3.76. The molecular weight excluding hydrogens is 300 g/mol. The standard InChI is InChI=1S/C19H24N4O/c1-23-12-15(9-21-23)16-10-20-11-17(16)19(24)22-18(14-7-8-14)13-5-3-2-4-6-13/h2-6,9,12,14,16-18,20H,7-8,10-11H2,1H3,(H,22,24)/t16-,17+,18?/m1/s1. The third kappa shape index (κ3) is 3.08. The van der Waals surface area contributed by atoms with Crippen LogP contribution < -0.4 is 10.6 Å². The Kier molecular flexibility index (Phi) is 4.10. The Bertz CT molecular complexity index is 707. The number of hydrogen-bond donors (Lipinski definition) is 2. The van der Waals surface area contributed by atoms with E-state index in [9.17, 15) is 4.79 Å². The van der Waals surface area contributed by atoms with E-state index in [0.717, 1.165) is 18.7 Å². The Morgan fingerprint density at radius 2 is 2.08 bits per heavy atom. The van der Waals surface area contributed by atoms with E-state index in [1.54, 1.807) is 4.68 Å². The van der Waals surface area contributed by atoms with Crippen LogP contribution in [-0.4, -0.2) is 28.8 Å². The molecule has 2 aliphatic rings. The molecule has 1 aromatic heterocycles. The van der Waals surface area contributed by atoms with Crippen LogP contribution in [0.4, 0.5) is 0 Å². The van der Waals surface area contributed by atoms with E-state index < -0.39 is 0 Å². The quantitative estimate of drug-likeness (QED) is 0.884. The number of nitrogens with zero attached hydrogens (tertiary/aromatic N) is 2. The third-order valence-corrected chi connectivity index (χ3v) is 5.25. The summed E-state index contributed by atoms with van der Waals surface area (Å²) < 4.78 is 1.81. The number of aryl methyl sites for hydroxylation is 1. The molecule has 1 unspecified atom stereocenters. The van der Waals surface area contributed by atoms with Gasteiger partial charge in [0.15, 0.2) is 0 Å². The molecule has 0 bridgehead atoms. The summed E-state index contributed by atoms with van der Waals surface area (Å²) in [5, 5.41) is 11.0. The minimum Gasteiger partial charge on any atom is -0.349 e. The van der Waals surface area contributed by atoms with Crippen LogP contribution in [0.5, 0.6) is 0 Å². The first-order valence-electron chi connectivity index (χ1n) is 8.77. The lowest BCUT2D eigenvalue weighted by Crippen LogP contribution is -2.37. The van der Waals surface area contributed by atoms with Crippen molar-refractivity contribution in [3.63, 3.8) is 0 Å². The van der Waals surface area contributed by atoms with Gasteiger partial charge in [0, 0.05) is 32.3 Å². The van der Waals surface area contributed by atoms with Crippen molar-refractivity contribution in [3.05, 3.63) is 53.9 Å². The molecule has 1 amide bonds. The summed E-state index contributed by atoms with van der Waals surface area (Å²) in [6, 6.07) is 10.5. The minimum absolute atomic E-state index is 0.0286. The number of nitrogens with one attached hydrogen (secondary N) is 2. The Morgan fingerprint density at radius 3 is 2.75 bits per heavy atom. The average Bonchev–Trinajstić information content (AvgIpc) is 3.15. The predicted octanol–water partition coefficient (Wildman–Crippen LogP) is 1.99. The predicted molar refractivity (Wildman–Crippen MR) is 92.4 cm³/mol. The van der Waals surface area contributed by atoms with Gasteiger partial charge in [0.2, 0.25) is 5.91 Å². The van der Waals surface area contributed by atoms with E-state index in [1.165, 1.54) is 18.4 Å². The topological polar surface area (TPSA) is 59.0 Å². The van der Waals surface area contributed by atoms with E-state index >= 15 is 0 Å². The highest BCUT2D eigenvalue weighted by Crippen LogP contribution is 2.41. The smallest absolute Gasteiger partial charge is 0.225 e. The molecule has 2 aromatic rings. The van der Waals surface area contributed by atoms with E-state index in [4.69, 9.17) is 0 Å². The van der Waals surface area contributed by atoms with E-state index in [0.29, 0.717) is 5.92 Å². The maximum atomic E-state index is 13.0. The van der Waals surface area contributed by atoms with Crippen LogP contribution in [0, 0.1) is 11.8 Å². The second kappa shape index (κ2) is 6.40. The Balaban J connectivity index is 1.50. The van der Waals surface area contributed by atoms with Gasteiger partial charge >= 0.3 is 0 Å². The van der Waals surface area contributed by atoms with Crippen LogP contribution in [0.15, 0.2) is 42.7 Å². The highest BCUT2D eigenvalue weighted by Gasteiger charge is 2.38. The molecule has 24 heavy (non-hydrogen) atoms. The van der Waals surface area contributed by atoms with Gasteiger partial charge in [-0.2, -0.15) is 5.10 Å². The van der Waals surface area contributed by atoms with Crippen molar-refractivity contribution < 1.29 is 4.79 Å². The Morgan fingerprint density at radius 1 is 1.29 bits per heavy atom. The second-order valence-corrected chi connectivity index (χ2v) is 7.05. The number of carbonyl (C=O) groups excluding carboxylic acids is 1. The van der Waals surface area contributed by atoms with E-state index in [2.05, 4.69) is 27.9 Å². The third-order valence-electron chi connectivity index (χ3n) is 5.25. The Labute approximate surface area is 142 Å². The van der Waals surface area contributed by atoms with Gasteiger partial charge < -0.3 is 10.6 Å². The molecule has 2 fully saturated rings. The summed E-state index contributed by atoms with van der Waals surface area (Å²) in [6.07, 6.45) is 6.31. The van der Waals surface area contributed by atoms with Gasteiger partial charge in [-0.05, 0) is 29.9 Å². The van der Waals surface area contributed by atoms with Gasteiger partial charge in [-0.25, -0.2) is 0 Å². The molecule has 126 valence electrons. The summed E-state index contributed by atoms with van der Waals surface area (Å²) >= 11 is 0. The van der Waals surface area contributed by atoms with Crippen molar-refractivity contribution in [1.82, 2.24) is 20.4 Å². The molecule has 2 heterocycles. The second-order valence-electron chi connectivity index (χ2n) is 7.05. The van der Waals surface area contributed by atoms with Crippen LogP contribution in [0.1, 0.15) is 35.9 Å². The van der Waals surface area contributed by atoms with Gasteiger partial charge in [-0.1, -0.05) is 30.3 Å². The molecule has 1 aliphatic carbocycles. The normalized spacial score (nSPS) is 24.7. The largest absolute Gasteiger partial charge is 0.349 e. The van der Waals surface area contributed by atoms with Crippen LogP contribution in [0.25, 0.3) is 0 Å². The highest BCUT2D eigenvalue weighted by molar-refractivity contribution is 5.81. The van der Waals surface area contributed by atoms with Gasteiger partial charge in [0.05, 0.1) is 18.2 Å². The molecule has 1 aliphatic heterocycles. The Hall–Kier alpha value is -2.14. The van der Waals surface area contributed by atoms with Crippen LogP contribution in [0.3, 0.4) is 0 Å². The van der Waals surface area contributed by atoms with Crippen LogP contribution >= 0.6 is 0 Å². The fraction of sp³-hybridized carbons (Fsp3) is 0.474. The summed E-state index contributed by atoms with van der Waals surface area (Å²) in [7, 11) is 1.92. The van der Waals surface area contributed by atoms with Gasteiger partial charge in [0.1, 0.15) is 0 Å². The van der Waals surface area contributed by atoms with Gasteiger partial charge in [-0.15, -0.1) is 0 Å². The molecule has 2 N–H and O–H groups in total. The van der Waals surface area contributed by atoms with Gasteiger partial charge in [0.25, 0.3) is 0 Å². The molecule has 1 aromatic carbocycles. The lowest BCUT2D eigenvalue weighted by molar-refractivity contribution is -0.125. The number of aromatic nitrogens is 2. The molecule has 1 saturated heterocycles. The molecule has 0 spiro atoms. The summed E-state index contributed by atoms with van der Waals surface area (Å²) in [5.74, 6) is 0.922. The van der Waals surface area contributed by atoms with Crippen molar-refractivity contribution in [3.8, 4) is 0 Å². The summed E-state index contributed by atoms with van der Waals surface area (Å²) in [4.78, 5) is 13.0.